The highest BCUT2D eigenvalue weighted by atomic mass is 16.2. The fourth-order valence-corrected chi connectivity index (χ4v) is 3.57. The largest absolute Gasteiger partial charge is 0.371 e. The van der Waals surface area contributed by atoms with Gasteiger partial charge in [0.25, 0.3) is 0 Å². The van der Waals surface area contributed by atoms with Crippen LogP contribution in [0.3, 0.4) is 0 Å². The molecule has 2 amide bonds. The van der Waals surface area contributed by atoms with Crippen molar-refractivity contribution in [1.82, 2.24) is 14.9 Å². The number of carbonyl (C=O) groups excluding carboxylic acids is 2. The number of nitrogens with two attached hydrogens (primary N) is 1. The summed E-state index contributed by atoms with van der Waals surface area (Å²) in [7, 11) is 0. The molecular formula is C17H21N5O2. The quantitative estimate of drug-likeness (QED) is 0.801. The third-order valence-electron chi connectivity index (χ3n) is 5.01. The zero-order chi connectivity index (χ0) is 16.7. The van der Waals surface area contributed by atoms with Gasteiger partial charge in [-0.05, 0) is 37.5 Å². The molecule has 4 rings (SSSR count). The van der Waals surface area contributed by atoms with E-state index in [4.69, 9.17) is 5.73 Å². The first-order valence-corrected chi connectivity index (χ1v) is 8.42. The summed E-state index contributed by atoms with van der Waals surface area (Å²) < 4.78 is 1.87. The van der Waals surface area contributed by atoms with Crippen LogP contribution >= 0.6 is 0 Å². The smallest absolute Gasteiger partial charge is 0.249 e. The second-order valence-corrected chi connectivity index (χ2v) is 6.62. The number of amides is 2. The number of carbonyl (C=O) groups is 2. The van der Waals surface area contributed by atoms with Crippen molar-refractivity contribution in [3.05, 3.63) is 24.5 Å². The van der Waals surface area contributed by atoms with Crippen molar-refractivity contribution in [3.63, 3.8) is 0 Å². The van der Waals surface area contributed by atoms with Crippen molar-refractivity contribution in [2.45, 2.75) is 37.8 Å². The van der Waals surface area contributed by atoms with Crippen molar-refractivity contribution in [2.75, 3.05) is 18.0 Å². The molecule has 1 atom stereocenters. The molecule has 7 nitrogen and oxygen atoms in total. The maximum absolute atomic E-state index is 12.1. The lowest BCUT2D eigenvalue weighted by molar-refractivity contribution is -0.135. The molecule has 2 aromatic rings. The normalized spacial score (nSPS) is 22.9. The van der Waals surface area contributed by atoms with E-state index in [-0.39, 0.29) is 17.9 Å². The standard InChI is InChI=1S/C17H21N5O2/c18-11-5-7-21(8-6-11)12-1-2-14-13(9-12)19-10-22(14)15-3-4-16(23)20-17(15)24/h1-2,9-11,15H,3-8,18H2,(H,20,23,24). The number of nitrogens with zero attached hydrogens (tertiary/aromatic N) is 3. The first kappa shape index (κ1) is 15.1. The minimum Gasteiger partial charge on any atom is -0.371 e. The van der Waals surface area contributed by atoms with Gasteiger partial charge in [0.15, 0.2) is 0 Å². The number of fused-ring (bicyclic) bond motifs is 1. The molecule has 3 N–H and O–H groups in total. The van der Waals surface area contributed by atoms with E-state index in [0.717, 1.165) is 42.7 Å². The van der Waals surface area contributed by atoms with Crippen LogP contribution in [0.2, 0.25) is 0 Å². The lowest BCUT2D eigenvalue weighted by Crippen LogP contribution is -2.41. The summed E-state index contributed by atoms with van der Waals surface area (Å²) in [5.74, 6) is -0.453. The zero-order valence-electron chi connectivity index (χ0n) is 13.4. The highest BCUT2D eigenvalue weighted by Crippen LogP contribution is 2.28. The third-order valence-corrected chi connectivity index (χ3v) is 5.01. The highest BCUT2D eigenvalue weighted by Gasteiger charge is 2.29. The van der Waals surface area contributed by atoms with Crippen LogP contribution < -0.4 is 16.0 Å². The molecule has 126 valence electrons. The first-order valence-electron chi connectivity index (χ1n) is 8.42. The molecule has 0 spiro atoms. The van der Waals surface area contributed by atoms with Gasteiger partial charge in [0.2, 0.25) is 11.8 Å². The monoisotopic (exact) mass is 327 g/mol. The minimum atomic E-state index is -0.369. The Bertz CT molecular complexity index is 791. The van der Waals surface area contributed by atoms with Crippen LogP contribution in [0.1, 0.15) is 31.7 Å². The maximum atomic E-state index is 12.1. The lowest BCUT2D eigenvalue weighted by atomic mass is 10.0. The summed E-state index contributed by atoms with van der Waals surface area (Å²) in [6.07, 6.45) is 4.58. The van der Waals surface area contributed by atoms with Crippen LogP contribution in [-0.2, 0) is 9.59 Å². The second kappa shape index (κ2) is 5.90. The fourth-order valence-electron chi connectivity index (χ4n) is 3.57. The molecule has 7 heteroatoms. The van der Waals surface area contributed by atoms with Gasteiger partial charge in [-0.15, -0.1) is 0 Å². The van der Waals surface area contributed by atoms with Gasteiger partial charge >= 0.3 is 0 Å². The molecule has 2 aliphatic heterocycles. The number of imide groups is 1. The third kappa shape index (κ3) is 2.65. The van der Waals surface area contributed by atoms with Crippen LogP contribution in [0, 0.1) is 0 Å². The number of benzene rings is 1. The van der Waals surface area contributed by atoms with Crippen LogP contribution in [0.4, 0.5) is 5.69 Å². The topological polar surface area (TPSA) is 93.2 Å². The predicted molar refractivity (Wildman–Crippen MR) is 90.6 cm³/mol. The Morgan fingerprint density at radius 1 is 1.17 bits per heavy atom. The molecule has 0 radical (unpaired) electrons. The van der Waals surface area contributed by atoms with Crippen LogP contribution in [0.5, 0.6) is 0 Å². The van der Waals surface area contributed by atoms with Gasteiger partial charge in [-0.2, -0.15) is 0 Å². The summed E-state index contributed by atoms with van der Waals surface area (Å²) in [5.41, 5.74) is 8.90. The number of nitrogens with one attached hydrogen (secondary N) is 1. The van der Waals surface area contributed by atoms with Crippen molar-refractivity contribution in [3.8, 4) is 0 Å². The molecule has 2 fully saturated rings. The zero-order valence-corrected chi connectivity index (χ0v) is 13.4. The van der Waals surface area contributed by atoms with E-state index in [1.54, 1.807) is 6.33 Å². The van der Waals surface area contributed by atoms with E-state index in [1.165, 1.54) is 0 Å². The maximum Gasteiger partial charge on any atom is 0.249 e. The van der Waals surface area contributed by atoms with Gasteiger partial charge < -0.3 is 15.2 Å². The highest BCUT2D eigenvalue weighted by molar-refractivity contribution is 6.00. The summed E-state index contributed by atoms with van der Waals surface area (Å²) in [5, 5.41) is 2.40. The van der Waals surface area contributed by atoms with Crippen LogP contribution in [0.15, 0.2) is 24.5 Å². The number of imidazole rings is 1. The molecule has 0 aliphatic carbocycles. The summed E-state index contributed by atoms with van der Waals surface area (Å²) in [4.78, 5) is 30.2. The van der Waals surface area contributed by atoms with E-state index < -0.39 is 0 Å². The van der Waals surface area contributed by atoms with E-state index >= 15 is 0 Å². The van der Waals surface area contributed by atoms with E-state index in [9.17, 15) is 9.59 Å². The Kier molecular flexibility index (Phi) is 3.72. The summed E-state index contributed by atoms with van der Waals surface area (Å²) in [6, 6.07) is 6.08. The van der Waals surface area contributed by atoms with E-state index in [2.05, 4.69) is 27.3 Å². The Morgan fingerprint density at radius 3 is 2.71 bits per heavy atom. The number of hydrogen-bond acceptors (Lipinski definition) is 5. The molecule has 3 heterocycles. The van der Waals surface area contributed by atoms with Crippen molar-refractivity contribution in [1.29, 1.82) is 0 Å². The molecular weight excluding hydrogens is 306 g/mol. The first-order chi connectivity index (χ1) is 11.6. The predicted octanol–water partition coefficient (Wildman–Crippen LogP) is 0.941. The Labute approximate surface area is 139 Å². The number of rotatable bonds is 2. The van der Waals surface area contributed by atoms with Gasteiger partial charge in [-0.3, -0.25) is 14.9 Å². The van der Waals surface area contributed by atoms with Crippen molar-refractivity contribution in [2.24, 2.45) is 5.73 Å². The second-order valence-electron chi connectivity index (χ2n) is 6.62. The lowest BCUT2D eigenvalue weighted by Gasteiger charge is -2.32. The molecule has 24 heavy (non-hydrogen) atoms. The molecule has 1 aromatic carbocycles. The summed E-state index contributed by atoms with van der Waals surface area (Å²) >= 11 is 0. The van der Waals surface area contributed by atoms with E-state index in [1.807, 2.05) is 10.6 Å². The number of hydrogen-bond donors (Lipinski definition) is 2. The Morgan fingerprint density at radius 2 is 1.96 bits per heavy atom. The van der Waals surface area contributed by atoms with Crippen molar-refractivity contribution < 1.29 is 9.59 Å². The van der Waals surface area contributed by atoms with Gasteiger partial charge in [0.1, 0.15) is 6.04 Å². The number of anilines is 1. The molecule has 0 saturated carbocycles. The number of aromatic nitrogens is 2. The molecule has 2 aliphatic rings. The molecule has 1 unspecified atom stereocenters. The molecule has 0 bridgehead atoms. The summed E-state index contributed by atoms with van der Waals surface area (Å²) in [6.45, 7) is 1.92. The Hall–Kier alpha value is -2.41. The molecule has 2 saturated heterocycles. The van der Waals surface area contributed by atoms with Gasteiger partial charge in [0.05, 0.1) is 17.4 Å². The Balaban J connectivity index is 1.61. The van der Waals surface area contributed by atoms with Crippen molar-refractivity contribution >= 4 is 28.5 Å². The fraction of sp³-hybridized carbons (Fsp3) is 0.471. The minimum absolute atomic E-state index is 0.203. The van der Waals surface area contributed by atoms with Gasteiger partial charge in [-0.1, -0.05) is 0 Å². The average molecular weight is 327 g/mol. The van der Waals surface area contributed by atoms with Gasteiger partial charge in [-0.25, -0.2) is 4.98 Å². The van der Waals surface area contributed by atoms with Gasteiger partial charge in [0, 0.05) is 31.2 Å². The molecule has 1 aromatic heterocycles. The van der Waals surface area contributed by atoms with Crippen LogP contribution in [0.25, 0.3) is 11.0 Å². The van der Waals surface area contributed by atoms with Crippen LogP contribution in [-0.4, -0.2) is 40.5 Å². The van der Waals surface area contributed by atoms with E-state index in [0.29, 0.717) is 18.9 Å². The SMILES string of the molecule is NC1CCN(c2ccc3c(c2)ncn3C2CCC(=O)NC2=O)CC1. The number of piperidine rings is 2. The average Bonchev–Trinajstić information content (AvgIpc) is 2.98.